The minimum atomic E-state index is 0.0187. The molecule has 0 amide bonds. The molecule has 1 aliphatic heterocycles. The van der Waals surface area contributed by atoms with Crippen LogP contribution in [0.4, 0.5) is 5.69 Å². The van der Waals surface area contributed by atoms with Gasteiger partial charge < -0.3 is 4.90 Å². The van der Waals surface area contributed by atoms with Crippen molar-refractivity contribution in [1.82, 2.24) is 9.38 Å². The average molecular weight is 418 g/mol. The van der Waals surface area contributed by atoms with Crippen molar-refractivity contribution in [3.63, 3.8) is 0 Å². The van der Waals surface area contributed by atoms with Crippen molar-refractivity contribution < 1.29 is 0 Å². The van der Waals surface area contributed by atoms with E-state index in [2.05, 4.69) is 62.7 Å². The fraction of sp³-hybridized carbons (Fsp3) is 0.360. The Labute approximate surface area is 180 Å². The lowest BCUT2D eigenvalue weighted by Gasteiger charge is -2.47. The SMILES string of the molecule is CCN1c2cc(C)c(/C=c3/sc4nc5ccccc5n4c3=O)cc2C(C)CC1(C)C. The maximum Gasteiger partial charge on any atom is 0.274 e. The first-order chi connectivity index (χ1) is 14.3. The normalized spacial score (nSPS) is 19.0. The summed E-state index contributed by atoms with van der Waals surface area (Å²) in [6.45, 7) is 12.4. The molecular weight excluding hydrogens is 390 g/mol. The summed E-state index contributed by atoms with van der Waals surface area (Å²) >= 11 is 1.47. The van der Waals surface area contributed by atoms with E-state index in [0.717, 1.165) is 39.1 Å². The summed E-state index contributed by atoms with van der Waals surface area (Å²) in [4.78, 5) is 21.1. The van der Waals surface area contributed by atoms with Crippen molar-refractivity contribution in [2.24, 2.45) is 0 Å². The third-order valence-corrected chi connectivity index (χ3v) is 7.49. The first-order valence-electron chi connectivity index (χ1n) is 10.6. The van der Waals surface area contributed by atoms with E-state index < -0.39 is 0 Å². The Kier molecular flexibility index (Phi) is 4.30. The number of hydrogen-bond donors (Lipinski definition) is 0. The lowest BCUT2D eigenvalue weighted by atomic mass is 9.79. The van der Waals surface area contributed by atoms with E-state index in [1.807, 2.05) is 24.3 Å². The van der Waals surface area contributed by atoms with Gasteiger partial charge in [-0.3, -0.25) is 4.79 Å². The largest absolute Gasteiger partial charge is 0.366 e. The smallest absolute Gasteiger partial charge is 0.274 e. The predicted octanol–water partition coefficient (Wildman–Crippen LogP) is 4.88. The van der Waals surface area contributed by atoms with Crippen LogP contribution in [-0.2, 0) is 0 Å². The van der Waals surface area contributed by atoms with Crippen LogP contribution in [0.2, 0.25) is 0 Å². The molecule has 0 spiro atoms. The van der Waals surface area contributed by atoms with Gasteiger partial charge in [-0.1, -0.05) is 30.4 Å². The third kappa shape index (κ3) is 2.79. The number of rotatable bonds is 2. The number of benzene rings is 2. The standard InChI is InChI=1S/C25H27N3OS/c1-6-27-21-11-15(2)17(12-18(21)16(3)14-25(27,4)5)13-22-23(29)28-20-10-8-7-9-19(20)26-24(28)30-22/h7-13,16H,6,14H2,1-5H3/b22-13+. The van der Waals surface area contributed by atoms with Gasteiger partial charge in [0.25, 0.3) is 5.56 Å². The highest BCUT2D eigenvalue weighted by molar-refractivity contribution is 7.15. The molecule has 1 atom stereocenters. The van der Waals surface area contributed by atoms with Gasteiger partial charge in [0.2, 0.25) is 0 Å². The number of fused-ring (bicyclic) bond motifs is 4. The molecule has 0 N–H and O–H groups in total. The summed E-state index contributed by atoms with van der Waals surface area (Å²) in [5, 5.41) is 0. The summed E-state index contributed by atoms with van der Waals surface area (Å²) < 4.78 is 2.48. The van der Waals surface area contributed by atoms with Crippen molar-refractivity contribution in [3.05, 3.63) is 68.0 Å². The molecule has 2 aromatic carbocycles. The summed E-state index contributed by atoms with van der Waals surface area (Å²) in [5.41, 5.74) is 6.97. The molecular formula is C25H27N3OS. The molecule has 1 unspecified atom stereocenters. The fourth-order valence-electron chi connectivity index (χ4n) is 5.16. The molecule has 5 rings (SSSR count). The minimum Gasteiger partial charge on any atom is -0.366 e. The molecule has 30 heavy (non-hydrogen) atoms. The van der Waals surface area contributed by atoms with E-state index in [4.69, 9.17) is 0 Å². The Morgan fingerprint density at radius 2 is 2.03 bits per heavy atom. The zero-order valence-electron chi connectivity index (χ0n) is 18.2. The van der Waals surface area contributed by atoms with E-state index in [0.29, 0.717) is 5.92 Å². The molecule has 0 saturated heterocycles. The van der Waals surface area contributed by atoms with Gasteiger partial charge in [0, 0.05) is 17.8 Å². The number of para-hydroxylation sites is 2. The van der Waals surface area contributed by atoms with Crippen LogP contribution in [0.25, 0.3) is 22.1 Å². The van der Waals surface area contributed by atoms with Crippen LogP contribution in [0.3, 0.4) is 0 Å². The second-order valence-electron chi connectivity index (χ2n) is 9.06. The Balaban J connectivity index is 1.69. The maximum atomic E-state index is 13.1. The van der Waals surface area contributed by atoms with Gasteiger partial charge in [-0.15, -0.1) is 0 Å². The number of thiazole rings is 1. The van der Waals surface area contributed by atoms with E-state index in [1.165, 1.54) is 28.2 Å². The lowest BCUT2D eigenvalue weighted by Crippen LogP contribution is -2.48. The quantitative estimate of drug-likeness (QED) is 0.467. The van der Waals surface area contributed by atoms with Gasteiger partial charge in [0.05, 0.1) is 15.6 Å². The molecule has 5 heteroatoms. The second kappa shape index (κ2) is 6.67. The van der Waals surface area contributed by atoms with E-state index in [9.17, 15) is 4.79 Å². The summed E-state index contributed by atoms with van der Waals surface area (Å²) in [6, 6.07) is 12.4. The highest BCUT2D eigenvalue weighted by Gasteiger charge is 2.35. The van der Waals surface area contributed by atoms with Gasteiger partial charge in [0.15, 0.2) is 4.96 Å². The molecule has 0 aliphatic carbocycles. The zero-order chi connectivity index (χ0) is 21.2. The molecule has 0 saturated carbocycles. The minimum absolute atomic E-state index is 0.0187. The number of nitrogens with zero attached hydrogens (tertiary/aromatic N) is 3. The Hall–Kier alpha value is -2.66. The van der Waals surface area contributed by atoms with E-state index >= 15 is 0 Å². The maximum absolute atomic E-state index is 13.1. The van der Waals surface area contributed by atoms with Crippen LogP contribution in [-0.4, -0.2) is 21.5 Å². The number of anilines is 1. The first-order valence-corrected chi connectivity index (χ1v) is 11.5. The molecule has 0 radical (unpaired) electrons. The zero-order valence-corrected chi connectivity index (χ0v) is 19.0. The van der Waals surface area contributed by atoms with Crippen LogP contribution >= 0.6 is 11.3 Å². The first kappa shape index (κ1) is 19.3. The number of aromatic nitrogens is 2. The highest BCUT2D eigenvalue weighted by Crippen LogP contribution is 2.44. The molecule has 2 aromatic heterocycles. The summed E-state index contributed by atoms with van der Waals surface area (Å²) in [6.07, 6.45) is 3.18. The number of hydrogen-bond acceptors (Lipinski definition) is 4. The number of aryl methyl sites for hydroxylation is 1. The molecule has 4 nitrogen and oxygen atoms in total. The van der Waals surface area contributed by atoms with Crippen molar-refractivity contribution in [2.45, 2.75) is 52.5 Å². The fourth-order valence-corrected chi connectivity index (χ4v) is 6.14. The lowest BCUT2D eigenvalue weighted by molar-refractivity contribution is 0.381. The van der Waals surface area contributed by atoms with Gasteiger partial charge in [-0.05, 0) is 87.1 Å². The molecule has 3 heterocycles. The van der Waals surface area contributed by atoms with Gasteiger partial charge in [-0.2, -0.15) is 0 Å². The molecule has 1 aliphatic rings. The Bertz CT molecular complexity index is 1400. The van der Waals surface area contributed by atoms with Crippen LogP contribution in [0.15, 0.2) is 41.2 Å². The monoisotopic (exact) mass is 417 g/mol. The molecule has 154 valence electrons. The summed E-state index contributed by atoms with van der Waals surface area (Å²) in [7, 11) is 0. The van der Waals surface area contributed by atoms with Crippen LogP contribution in [0.1, 0.15) is 56.7 Å². The van der Waals surface area contributed by atoms with Crippen LogP contribution < -0.4 is 15.0 Å². The predicted molar refractivity (Wildman–Crippen MR) is 127 cm³/mol. The van der Waals surface area contributed by atoms with Crippen LogP contribution in [0, 0.1) is 6.92 Å². The highest BCUT2D eigenvalue weighted by atomic mass is 32.1. The van der Waals surface area contributed by atoms with Crippen molar-refractivity contribution in [1.29, 1.82) is 0 Å². The van der Waals surface area contributed by atoms with Crippen molar-refractivity contribution in [2.75, 3.05) is 11.4 Å². The molecule has 4 aromatic rings. The Morgan fingerprint density at radius 3 is 2.80 bits per heavy atom. The van der Waals surface area contributed by atoms with E-state index in [-0.39, 0.29) is 11.1 Å². The van der Waals surface area contributed by atoms with E-state index in [1.54, 1.807) is 4.40 Å². The van der Waals surface area contributed by atoms with Crippen molar-refractivity contribution in [3.8, 4) is 0 Å². The van der Waals surface area contributed by atoms with Gasteiger partial charge in [0.1, 0.15) is 0 Å². The van der Waals surface area contributed by atoms with Crippen molar-refractivity contribution >= 4 is 39.1 Å². The third-order valence-electron chi connectivity index (χ3n) is 6.52. The molecule has 0 bridgehead atoms. The Morgan fingerprint density at radius 1 is 1.27 bits per heavy atom. The second-order valence-corrected chi connectivity index (χ2v) is 10.1. The molecule has 0 fully saturated rings. The van der Waals surface area contributed by atoms with Gasteiger partial charge >= 0.3 is 0 Å². The summed E-state index contributed by atoms with van der Waals surface area (Å²) in [5.74, 6) is 0.488. The van der Waals surface area contributed by atoms with Crippen LogP contribution in [0.5, 0.6) is 0 Å². The van der Waals surface area contributed by atoms with Gasteiger partial charge in [-0.25, -0.2) is 9.38 Å². The number of imidazole rings is 1. The topological polar surface area (TPSA) is 37.6 Å². The average Bonchev–Trinajstić information content (AvgIpc) is 3.19.